The van der Waals surface area contributed by atoms with Crippen molar-refractivity contribution in [2.45, 2.75) is 0 Å². The second-order valence-corrected chi connectivity index (χ2v) is 8.57. The minimum absolute atomic E-state index is 0.338. The van der Waals surface area contributed by atoms with Crippen LogP contribution in [0.5, 0.6) is 5.75 Å². The average Bonchev–Trinajstić information content (AvgIpc) is 3.34. The Morgan fingerprint density at radius 3 is 2.66 bits per heavy atom. The Morgan fingerprint density at radius 2 is 1.97 bits per heavy atom. The highest BCUT2D eigenvalue weighted by molar-refractivity contribution is 7.22. The molecule has 0 aliphatic heterocycles. The minimum Gasteiger partial charge on any atom is -0.497 e. The molecule has 0 aliphatic carbocycles. The van der Waals surface area contributed by atoms with Crippen molar-refractivity contribution in [3.8, 4) is 5.75 Å². The van der Waals surface area contributed by atoms with Gasteiger partial charge in [0.25, 0.3) is 5.91 Å². The van der Waals surface area contributed by atoms with Crippen LogP contribution < -0.4 is 9.75 Å². The number of fused-ring (bicyclic) bond motifs is 1. The van der Waals surface area contributed by atoms with Crippen LogP contribution in [-0.4, -0.2) is 24.2 Å². The van der Waals surface area contributed by atoms with Crippen molar-refractivity contribution >= 4 is 61.7 Å². The number of thiazole rings is 1. The predicted octanol–water partition coefficient (Wildman–Crippen LogP) is 5.84. The zero-order valence-corrected chi connectivity index (χ0v) is 17.4. The maximum atomic E-state index is 13.5. The fraction of sp³-hybridized carbons (Fsp3) is 0.0500. The quantitative estimate of drug-likeness (QED) is 0.286. The number of thiophene rings is 1. The van der Waals surface area contributed by atoms with E-state index in [2.05, 4.69) is 10.1 Å². The first-order valence-corrected chi connectivity index (χ1v) is 10.4. The fourth-order valence-electron chi connectivity index (χ4n) is 2.51. The highest BCUT2D eigenvalue weighted by Gasteiger charge is 2.22. The Hall–Kier alpha value is -2.81. The Labute approximate surface area is 178 Å². The molecule has 2 aromatic carbocycles. The summed E-state index contributed by atoms with van der Waals surface area (Å²) in [7, 11) is 1.59. The molecule has 0 bridgehead atoms. The number of carbonyl (C=O) groups excluding carboxylic acids is 1. The van der Waals surface area contributed by atoms with Crippen molar-refractivity contribution in [2.75, 3.05) is 12.1 Å². The van der Waals surface area contributed by atoms with Crippen LogP contribution in [0.15, 0.2) is 59.7 Å². The summed E-state index contributed by atoms with van der Waals surface area (Å²) in [4.78, 5) is 17.9. The van der Waals surface area contributed by atoms with Crippen LogP contribution in [-0.2, 0) is 0 Å². The Morgan fingerprint density at radius 1 is 1.17 bits per heavy atom. The van der Waals surface area contributed by atoms with Crippen LogP contribution in [0.4, 0.5) is 9.52 Å². The molecule has 0 saturated heterocycles. The number of rotatable bonds is 5. The summed E-state index contributed by atoms with van der Waals surface area (Å²) in [5.74, 6) is -0.0138. The van der Waals surface area contributed by atoms with Crippen molar-refractivity contribution in [1.29, 1.82) is 0 Å². The zero-order valence-electron chi connectivity index (χ0n) is 15.0. The van der Waals surface area contributed by atoms with E-state index in [4.69, 9.17) is 16.3 Å². The standard InChI is InChI=1S/C20H13ClFN3O2S2/c1-27-14-5-2-12(3-6-14)11-23-25(19(26)16-8-9-18(21)28-16)20-24-15-7-4-13(22)10-17(15)29-20/h2-11H,1H3/b23-11+. The van der Waals surface area contributed by atoms with Gasteiger partial charge in [-0.2, -0.15) is 10.1 Å². The van der Waals surface area contributed by atoms with Gasteiger partial charge in [-0.05, 0) is 60.2 Å². The molecule has 4 rings (SSSR count). The molecule has 0 saturated carbocycles. The lowest BCUT2D eigenvalue weighted by Crippen LogP contribution is -2.24. The van der Waals surface area contributed by atoms with Crippen molar-refractivity contribution in [1.82, 2.24) is 4.98 Å². The number of methoxy groups -OCH3 is 1. The number of hydrogen-bond donors (Lipinski definition) is 0. The van der Waals surface area contributed by atoms with Crippen molar-refractivity contribution in [2.24, 2.45) is 5.10 Å². The van der Waals surface area contributed by atoms with Crippen LogP contribution in [0.1, 0.15) is 15.2 Å². The SMILES string of the molecule is COc1ccc(/C=N/N(C(=O)c2ccc(Cl)s2)c2nc3ccc(F)cc3s2)cc1. The molecule has 0 atom stereocenters. The van der Waals surface area contributed by atoms with E-state index in [0.29, 0.717) is 24.6 Å². The lowest BCUT2D eigenvalue weighted by atomic mass is 10.2. The summed E-state index contributed by atoms with van der Waals surface area (Å²) in [5.41, 5.74) is 1.37. The van der Waals surface area contributed by atoms with Gasteiger partial charge in [-0.1, -0.05) is 22.9 Å². The molecular weight excluding hydrogens is 433 g/mol. The van der Waals surface area contributed by atoms with Gasteiger partial charge in [0, 0.05) is 0 Å². The molecule has 5 nitrogen and oxygen atoms in total. The van der Waals surface area contributed by atoms with E-state index >= 15 is 0 Å². The summed E-state index contributed by atoms with van der Waals surface area (Å²) in [6, 6.07) is 14.8. The molecule has 29 heavy (non-hydrogen) atoms. The molecule has 0 fully saturated rings. The van der Waals surface area contributed by atoms with E-state index < -0.39 is 0 Å². The van der Waals surface area contributed by atoms with Crippen LogP contribution in [0.2, 0.25) is 4.34 Å². The molecule has 2 aromatic heterocycles. The van der Waals surface area contributed by atoms with Gasteiger partial charge < -0.3 is 4.74 Å². The normalized spacial score (nSPS) is 11.3. The number of benzene rings is 2. The van der Waals surface area contributed by atoms with Crippen molar-refractivity contribution < 1.29 is 13.9 Å². The predicted molar refractivity (Wildman–Crippen MR) is 116 cm³/mol. The summed E-state index contributed by atoms with van der Waals surface area (Å²) in [5, 5.41) is 5.90. The van der Waals surface area contributed by atoms with Gasteiger partial charge in [-0.3, -0.25) is 4.79 Å². The number of aromatic nitrogens is 1. The number of nitrogens with zero attached hydrogens (tertiary/aromatic N) is 3. The molecule has 0 N–H and O–H groups in total. The summed E-state index contributed by atoms with van der Waals surface area (Å²) < 4.78 is 19.8. The number of anilines is 1. The van der Waals surface area contributed by atoms with Crippen LogP contribution in [0, 0.1) is 5.82 Å². The first-order chi connectivity index (χ1) is 14.0. The van der Waals surface area contributed by atoms with Gasteiger partial charge in [0.2, 0.25) is 5.13 Å². The molecule has 4 aromatic rings. The van der Waals surface area contributed by atoms with Gasteiger partial charge in [-0.15, -0.1) is 11.3 Å². The molecule has 0 radical (unpaired) electrons. The summed E-state index contributed by atoms with van der Waals surface area (Å²) in [6.45, 7) is 0. The molecule has 146 valence electrons. The maximum Gasteiger partial charge on any atom is 0.290 e. The monoisotopic (exact) mass is 445 g/mol. The largest absolute Gasteiger partial charge is 0.497 e. The summed E-state index contributed by atoms with van der Waals surface area (Å²) in [6.07, 6.45) is 1.55. The summed E-state index contributed by atoms with van der Waals surface area (Å²) >= 11 is 8.32. The van der Waals surface area contributed by atoms with E-state index in [0.717, 1.165) is 22.6 Å². The molecule has 1 amide bonds. The first-order valence-electron chi connectivity index (χ1n) is 8.37. The Kier molecular flexibility index (Phi) is 5.57. The van der Waals surface area contributed by atoms with Gasteiger partial charge in [0.05, 0.1) is 32.8 Å². The fourth-order valence-corrected chi connectivity index (χ4v) is 4.43. The molecular formula is C20H13ClFN3O2S2. The number of hydrazone groups is 1. The van der Waals surface area contributed by atoms with Gasteiger partial charge in [0.1, 0.15) is 11.6 Å². The molecule has 0 spiro atoms. The maximum absolute atomic E-state index is 13.5. The topological polar surface area (TPSA) is 54.8 Å². The Bertz CT molecular complexity index is 1200. The van der Waals surface area contributed by atoms with E-state index in [1.807, 2.05) is 12.1 Å². The smallest absolute Gasteiger partial charge is 0.290 e. The van der Waals surface area contributed by atoms with Crippen molar-refractivity contribution in [3.63, 3.8) is 0 Å². The second-order valence-electron chi connectivity index (χ2n) is 5.85. The number of amides is 1. The van der Waals surface area contributed by atoms with Crippen LogP contribution in [0.3, 0.4) is 0 Å². The first kappa shape index (κ1) is 19.5. The third kappa shape index (κ3) is 4.29. The molecule has 0 aliphatic rings. The molecule has 0 unspecified atom stereocenters. The van der Waals surface area contributed by atoms with Crippen LogP contribution in [0.25, 0.3) is 10.2 Å². The average molecular weight is 446 g/mol. The van der Waals surface area contributed by atoms with Gasteiger partial charge in [0.15, 0.2) is 0 Å². The van der Waals surface area contributed by atoms with E-state index in [-0.39, 0.29) is 11.7 Å². The van der Waals surface area contributed by atoms with E-state index in [1.54, 1.807) is 43.7 Å². The van der Waals surface area contributed by atoms with Crippen LogP contribution >= 0.6 is 34.3 Å². The highest BCUT2D eigenvalue weighted by Crippen LogP contribution is 2.32. The van der Waals surface area contributed by atoms with E-state index in [9.17, 15) is 9.18 Å². The molecule has 9 heteroatoms. The number of ether oxygens (including phenoxy) is 1. The Balaban J connectivity index is 1.72. The lowest BCUT2D eigenvalue weighted by molar-refractivity contribution is 0.0991. The minimum atomic E-state index is -0.369. The van der Waals surface area contributed by atoms with Gasteiger partial charge >= 0.3 is 0 Å². The van der Waals surface area contributed by atoms with E-state index in [1.165, 1.54) is 28.5 Å². The molecule has 2 heterocycles. The number of carbonyl (C=O) groups is 1. The zero-order chi connectivity index (χ0) is 20.4. The second kappa shape index (κ2) is 8.28. The third-order valence-corrected chi connectivity index (χ3v) is 6.15. The lowest BCUT2D eigenvalue weighted by Gasteiger charge is -2.12. The highest BCUT2D eigenvalue weighted by atomic mass is 35.5. The number of halogens is 2. The van der Waals surface area contributed by atoms with Crippen molar-refractivity contribution in [3.05, 3.63) is 75.2 Å². The third-order valence-electron chi connectivity index (χ3n) is 3.93. The van der Waals surface area contributed by atoms with Gasteiger partial charge in [-0.25, -0.2) is 9.37 Å². The number of hydrogen-bond acceptors (Lipinski definition) is 6.